The topological polar surface area (TPSA) is 26.0 Å². The Hall–Kier alpha value is -0.120. The molecule has 0 heterocycles. The lowest BCUT2D eigenvalue weighted by Crippen LogP contribution is -2.12. The number of benzene rings is 1. The van der Waals surface area contributed by atoms with E-state index in [1.807, 2.05) is 6.07 Å². The first-order chi connectivity index (χ1) is 7.02. The second-order valence-electron chi connectivity index (χ2n) is 4.22. The molecule has 16 heavy (non-hydrogen) atoms. The van der Waals surface area contributed by atoms with Crippen LogP contribution in [0.25, 0.3) is 0 Å². The van der Waals surface area contributed by atoms with Gasteiger partial charge in [-0.15, -0.1) is 12.4 Å². The van der Waals surface area contributed by atoms with Crippen molar-refractivity contribution in [2.45, 2.75) is 32.7 Å². The SMILES string of the molecule is CC(C)CC[C@H](N)c1cccc(F)c1Br.Cl. The smallest absolute Gasteiger partial charge is 0.137 e. The van der Waals surface area contributed by atoms with Crippen molar-refractivity contribution in [2.75, 3.05) is 0 Å². The van der Waals surface area contributed by atoms with Crippen LogP contribution in [-0.4, -0.2) is 0 Å². The molecule has 0 aliphatic heterocycles. The van der Waals surface area contributed by atoms with Gasteiger partial charge in [0.05, 0.1) is 4.47 Å². The molecule has 0 saturated heterocycles. The molecule has 1 atom stereocenters. The van der Waals surface area contributed by atoms with E-state index in [1.54, 1.807) is 6.07 Å². The van der Waals surface area contributed by atoms with E-state index in [1.165, 1.54) is 6.07 Å². The van der Waals surface area contributed by atoms with Crippen LogP contribution in [0.2, 0.25) is 0 Å². The minimum atomic E-state index is -0.243. The highest BCUT2D eigenvalue weighted by molar-refractivity contribution is 9.10. The second kappa shape index (κ2) is 7.25. The summed E-state index contributed by atoms with van der Waals surface area (Å²) in [7, 11) is 0. The number of rotatable bonds is 4. The van der Waals surface area contributed by atoms with E-state index in [9.17, 15) is 4.39 Å². The molecule has 0 aromatic heterocycles. The van der Waals surface area contributed by atoms with E-state index in [0.29, 0.717) is 10.4 Å². The Morgan fingerprint density at radius 3 is 2.50 bits per heavy atom. The van der Waals surface area contributed by atoms with Gasteiger partial charge in [0.2, 0.25) is 0 Å². The summed E-state index contributed by atoms with van der Waals surface area (Å²) in [4.78, 5) is 0. The molecule has 1 nitrogen and oxygen atoms in total. The zero-order chi connectivity index (χ0) is 11.4. The molecule has 0 fully saturated rings. The number of hydrogen-bond donors (Lipinski definition) is 1. The van der Waals surface area contributed by atoms with E-state index in [-0.39, 0.29) is 24.3 Å². The van der Waals surface area contributed by atoms with Gasteiger partial charge in [-0.3, -0.25) is 0 Å². The Kier molecular flexibility index (Phi) is 7.20. The van der Waals surface area contributed by atoms with Gasteiger partial charge in [-0.05, 0) is 46.3 Å². The van der Waals surface area contributed by atoms with Gasteiger partial charge in [-0.25, -0.2) is 4.39 Å². The Morgan fingerprint density at radius 1 is 1.31 bits per heavy atom. The van der Waals surface area contributed by atoms with Crippen LogP contribution in [0.5, 0.6) is 0 Å². The third kappa shape index (κ3) is 4.40. The molecule has 1 aromatic carbocycles. The standard InChI is InChI=1S/C12H17BrFN.ClH/c1-8(2)6-7-11(15)9-4-3-5-10(14)12(9)13;/h3-5,8,11H,6-7,15H2,1-2H3;1H/t11-;/m0./s1. The Balaban J connectivity index is 0.00000225. The predicted molar refractivity (Wildman–Crippen MR) is 72.3 cm³/mol. The normalized spacial score (nSPS) is 12.4. The molecule has 0 spiro atoms. The van der Waals surface area contributed by atoms with E-state index < -0.39 is 0 Å². The molecule has 0 amide bonds. The minimum Gasteiger partial charge on any atom is -0.324 e. The summed E-state index contributed by atoms with van der Waals surface area (Å²) in [6.45, 7) is 4.32. The average Bonchev–Trinajstić information content (AvgIpc) is 2.18. The van der Waals surface area contributed by atoms with Crippen molar-refractivity contribution in [1.29, 1.82) is 0 Å². The zero-order valence-electron chi connectivity index (χ0n) is 9.54. The Morgan fingerprint density at radius 2 is 1.94 bits per heavy atom. The summed E-state index contributed by atoms with van der Waals surface area (Å²) in [6.07, 6.45) is 1.95. The van der Waals surface area contributed by atoms with Crippen molar-refractivity contribution >= 4 is 28.3 Å². The van der Waals surface area contributed by atoms with Crippen LogP contribution in [-0.2, 0) is 0 Å². The van der Waals surface area contributed by atoms with Crippen LogP contribution in [0, 0.1) is 11.7 Å². The van der Waals surface area contributed by atoms with E-state index >= 15 is 0 Å². The summed E-state index contributed by atoms with van der Waals surface area (Å²) < 4.78 is 13.7. The first-order valence-electron chi connectivity index (χ1n) is 5.22. The fourth-order valence-electron chi connectivity index (χ4n) is 1.48. The van der Waals surface area contributed by atoms with Crippen LogP contribution in [0.15, 0.2) is 22.7 Å². The van der Waals surface area contributed by atoms with Crippen molar-refractivity contribution in [2.24, 2.45) is 11.7 Å². The molecule has 0 unspecified atom stereocenters. The zero-order valence-corrected chi connectivity index (χ0v) is 11.9. The lowest BCUT2D eigenvalue weighted by molar-refractivity contribution is 0.504. The van der Waals surface area contributed by atoms with Gasteiger partial charge in [0.25, 0.3) is 0 Å². The maximum absolute atomic E-state index is 13.2. The lowest BCUT2D eigenvalue weighted by atomic mass is 9.98. The third-order valence-electron chi connectivity index (χ3n) is 2.44. The molecule has 4 heteroatoms. The van der Waals surface area contributed by atoms with Crippen molar-refractivity contribution in [1.82, 2.24) is 0 Å². The number of nitrogens with two attached hydrogens (primary N) is 1. The highest BCUT2D eigenvalue weighted by atomic mass is 79.9. The van der Waals surface area contributed by atoms with Gasteiger partial charge in [-0.1, -0.05) is 26.0 Å². The van der Waals surface area contributed by atoms with Gasteiger partial charge in [0.1, 0.15) is 5.82 Å². The highest BCUT2D eigenvalue weighted by Gasteiger charge is 2.12. The number of hydrogen-bond acceptors (Lipinski definition) is 1. The van der Waals surface area contributed by atoms with Crippen molar-refractivity contribution < 1.29 is 4.39 Å². The fourth-order valence-corrected chi connectivity index (χ4v) is 2.03. The predicted octanol–water partition coefficient (Wildman–Crippen LogP) is 4.45. The number of halogens is 3. The maximum Gasteiger partial charge on any atom is 0.137 e. The molecule has 0 bridgehead atoms. The molecular formula is C12H18BrClFN. The molecule has 1 aromatic rings. The minimum absolute atomic E-state index is 0. The fraction of sp³-hybridized carbons (Fsp3) is 0.500. The van der Waals surface area contributed by atoms with Crippen LogP contribution in [0.3, 0.4) is 0 Å². The first-order valence-corrected chi connectivity index (χ1v) is 6.01. The van der Waals surface area contributed by atoms with Gasteiger partial charge in [-0.2, -0.15) is 0 Å². The maximum atomic E-state index is 13.2. The van der Waals surface area contributed by atoms with Gasteiger partial charge in [0.15, 0.2) is 0 Å². The highest BCUT2D eigenvalue weighted by Crippen LogP contribution is 2.27. The molecule has 0 aliphatic rings. The van der Waals surface area contributed by atoms with Gasteiger partial charge >= 0.3 is 0 Å². The van der Waals surface area contributed by atoms with Crippen LogP contribution in [0.1, 0.15) is 38.3 Å². The van der Waals surface area contributed by atoms with Crippen LogP contribution in [0.4, 0.5) is 4.39 Å². The molecule has 92 valence electrons. The largest absolute Gasteiger partial charge is 0.324 e. The van der Waals surface area contributed by atoms with Crippen LogP contribution < -0.4 is 5.73 Å². The summed E-state index contributed by atoms with van der Waals surface area (Å²) >= 11 is 3.23. The molecular weight excluding hydrogens is 292 g/mol. The molecule has 0 aliphatic carbocycles. The molecule has 1 rings (SSSR count). The Bertz CT molecular complexity index is 331. The van der Waals surface area contributed by atoms with Crippen molar-refractivity contribution in [3.63, 3.8) is 0 Å². The summed E-state index contributed by atoms with van der Waals surface area (Å²) in [5.74, 6) is 0.385. The second-order valence-corrected chi connectivity index (χ2v) is 5.01. The van der Waals surface area contributed by atoms with Gasteiger partial charge in [0, 0.05) is 6.04 Å². The summed E-state index contributed by atoms with van der Waals surface area (Å²) in [5, 5.41) is 0. The third-order valence-corrected chi connectivity index (χ3v) is 3.27. The molecule has 0 saturated carbocycles. The van der Waals surface area contributed by atoms with E-state index in [4.69, 9.17) is 5.73 Å². The van der Waals surface area contributed by atoms with Crippen LogP contribution >= 0.6 is 28.3 Å². The lowest BCUT2D eigenvalue weighted by Gasteiger charge is -2.15. The summed E-state index contributed by atoms with van der Waals surface area (Å²) in [6, 6.07) is 4.92. The average molecular weight is 311 g/mol. The van der Waals surface area contributed by atoms with E-state index in [0.717, 1.165) is 18.4 Å². The molecule has 0 radical (unpaired) electrons. The van der Waals surface area contributed by atoms with Gasteiger partial charge < -0.3 is 5.73 Å². The monoisotopic (exact) mass is 309 g/mol. The van der Waals surface area contributed by atoms with E-state index in [2.05, 4.69) is 29.8 Å². The van der Waals surface area contributed by atoms with Crippen molar-refractivity contribution in [3.05, 3.63) is 34.1 Å². The summed E-state index contributed by atoms with van der Waals surface area (Å²) in [5.41, 5.74) is 6.87. The quantitative estimate of drug-likeness (QED) is 0.874. The van der Waals surface area contributed by atoms with Crippen molar-refractivity contribution in [3.8, 4) is 0 Å². The Labute approximate surface area is 111 Å². The first kappa shape index (κ1) is 15.9. The molecule has 2 N–H and O–H groups in total.